The third-order valence-corrected chi connectivity index (χ3v) is 4.11. The number of hydrogen-bond acceptors (Lipinski definition) is 5. The number of amides is 1. The second-order valence-electron chi connectivity index (χ2n) is 6.11. The summed E-state index contributed by atoms with van der Waals surface area (Å²) >= 11 is 0. The van der Waals surface area contributed by atoms with E-state index in [0.29, 0.717) is 19.6 Å². The molecule has 0 aliphatic carbocycles. The van der Waals surface area contributed by atoms with Gasteiger partial charge in [-0.05, 0) is 44.9 Å². The number of ether oxygens (including phenoxy) is 2. The lowest BCUT2D eigenvalue weighted by atomic mass is 10.1. The highest BCUT2D eigenvalue weighted by Crippen LogP contribution is 2.22. The maximum absolute atomic E-state index is 12.2. The monoisotopic (exact) mass is 361 g/mol. The van der Waals surface area contributed by atoms with Crippen molar-refractivity contribution < 1.29 is 19.1 Å². The van der Waals surface area contributed by atoms with Crippen LogP contribution in [-0.2, 0) is 19.1 Å². The number of hydrogen-bond donors (Lipinski definition) is 1. The lowest BCUT2D eigenvalue weighted by Crippen LogP contribution is -2.26. The Labute approximate surface area is 154 Å². The molecule has 1 rings (SSSR count). The number of carbonyl (C=O) groups is 2. The van der Waals surface area contributed by atoms with Gasteiger partial charge >= 0.3 is 5.97 Å². The van der Waals surface area contributed by atoms with E-state index in [2.05, 4.69) is 21.5 Å². The molecule has 0 aliphatic rings. The zero-order chi connectivity index (χ0) is 19.7. The Bertz CT molecular complexity index is 713. The molecule has 0 aliphatic heterocycles. The number of nitrogens with one attached hydrogen (secondary N) is 1. The molecule has 0 saturated carbocycles. The van der Waals surface area contributed by atoms with Crippen molar-refractivity contribution in [3.05, 3.63) is 28.6 Å². The van der Waals surface area contributed by atoms with E-state index in [4.69, 9.17) is 4.74 Å². The number of aryl methyl sites for hydroxylation is 1. The highest BCUT2D eigenvalue weighted by Gasteiger charge is 2.15. The number of aromatic nitrogens is 1. The smallest absolute Gasteiger partial charge is 0.305 e. The van der Waals surface area contributed by atoms with Gasteiger partial charge in [-0.1, -0.05) is 0 Å². The van der Waals surface area contributed by atoms with Gasteiger partial charge in [0.2, 0.25) is 0 Å². The summed E-state index contributed by atoms with van der Waals surface area (Å²) < 4.78 is 11.9. The van der Waals surface area contributed by atoms with Crippen LogP contribution in [0.25, 0.3) is 6.08 Å². The summed E-state index contributed by atoms with van der Waals surface area (Å²) in [7, 11) is 2.98. The van der Waals surface area contributed by atoms with E-state index in [1.807, 2.05) is 26.0 Å². The van der Waals surface area contributed by atoms with E-state index in [9.17, 15) is 14.9 Å². The molecular formula is C19H27N3O4. The van der Waals surface area contributed by atoms with Gasteiger partial charge in [-0.3, -0.25) is 9.59 Å². The molecule has 0 spiro atoms. The van der Waals surface area contributed by atoms with Crippen LogP contribution in [0.5, 0.6) is 0 Å². The van der Waals surface area contributed by atoms with Gasteiger partial charge in [0.25, 0.3) is 5.91 Å². The molecule has 7 heteroatoms. The third-order valence-electron chi connectivity index (χ3n) is 4.11. The van der Waals surface area contributed by atoms with Gasteiger partial charge in [0, 0.05) is 31.5 Å². The average molecular weight is 361 g/mol. The molecule has 142 valence electrons. The molecule has 1 amide bonds. The predicted octanol–water partition coefficient (Wildman–Crippen LogP) is 2.29. The fourth-order valence-electron chi connectivity index (χ4n) is 2.88. The maximum atomic E-state index is 12.2. The molecular weight excluding hydrogens is 334 g/mol. The number of nitriles is 1. The lowest BCUT2D eigenvalue weighted by Gasteiger charge is -2.17. The second-order valence-corrected chi connectivity index (χ2v) is 6.11. The maximum Gasteiger partial charge on any atom is 0.305 e. The molecule has 0 aromatic carbocycles. The lowest BCUT2D eigenvalue weighted by molar-refractivity contribution is -0.140. The van der Waals surface area contributed by atoms with Crippen LogP contribution in [0, 0.1) is 25.2 Å². The van der Waals surface area contributed by atoms with Crippen LogP contribution in [0.4, 0.5) is 0 Å². The molecule has 26 heavy (non-hydrogen) atoms. The van der Waals surface area contributed by atoms with Crippen molar-refractivity contribution in [2.45, 2.75) is 39.7 Å². The summed E-state index contributed by atoms with van der Waals surface area (Å²) in [5, 5.41) is 12.0. The summed E-state index contributed by atoms with van der Waals surface area (Å²) in [6.45, 7) is 6.86. The molecule has 0 fully saturated rings. The molecule has 0 saturated heterocycles. The molecule has 1 heterocycles. The van der Waals surface area contributed by atoms with Crippen molar-refractivity contribution in [1.82, 2.24) is 9.88 Å². The van der Waals surface area contributed by atoms with Crippen molar-refractivity contribution in [3.8, 4) is 6.07 Å². The first-order valence-electron chi connectivity index (χ1n) is 8.49. The number of methoxy groups -OCH3 is 2. The summed E-state index contributed by atoms with van der Waals surface area (Å²) in [4.78, 5) is 23.2. The zero-order valence-corrected chi connectivity index (χ0v) is 16.1. The van der Waals surface area contributed by atoms with Crippen molar-refractivity contribution in [2.24, 2.45) is 0 Å². The van der Waals surface area contributed by atoms with E-state index in [0.717, 1.165) is 17.0 Å². The van der Waals surface area contributed by atoms with Crippen LogP contribution in [0.2, 0.25) is 0 Å². The number of rotatable bonds is 9. The molecule has 0 radical (unpaired) electrons. The molecule has 1 N–H and O–H groups in total. The topological polar surface area (TPSA) is 93.4 Å². The third kappa shape index (κ3) is 5.74. The van der Waals surface area contributed by atoms with E-state index in [-0.39, 0.29) is 24.0 Å². The molecule has 1 atom stereocenters. The van der Waals surface area contributed by atoms with E-state index >= 15 is 0 Å². The Hall–Kier alpha value is -2.59. The van der Waals surface area contributed by atoms with E-state index in [1.54, 1.807) is 13.2 Å². The van der Waals surface area contributed by atoms with E-state index < -0.39 is 5.91 Å². The minimum absolute atomic E-state index is 0.0303. The average Bonchev–Trinajstić information content (AvgIpc) is 2.89. The van der Waals surface area contributed by atoms with Crippen molar-refractivity contribution in [3.63, 3.8) is 0 Å². The quantitative estimate of drug-likeness (QED) is 0.315. The largest absolute Gasteiger partial charge is 0.469 e. The first kappa shape index (κ1) is 21.5. The fraction of sp³-hybridized carbons (Fsp3) is 0.526. The molecule has 1 aromatic heterocycles. The standard InChI is InChI=1S/C19H27N3O4/c1-13-9-16(15(3)22(13)14(2)12-25-4)10-17(11-20)19(24)21-8-6-7-18(23)26-5/h9-10,14H,6-8,12H2,1-5H3,(H,21,24)/b17-10+. The zero-order valence-electron chi connectivity index (χ0n) is 16.1. The number of carbonyl (C=O) groups excluding carboxylic acids is 2. The Morgan fingerprint density at radius 2 is 2.08 bits per heavy atom. The van der Waals surface area contributed by atoms with Gasteiger partial charge in [0.1, 0.15) is 11.6 Å². The highest BCUT2D eigenvalue weighted by molar-refractivity contribution is 6.01. The number of esters is 1. The van der Waals surface area contributed by atoms with Gasteiger partial charge in [0.05, 0.1) is 19.8 Å². The Kier molecular flexibility index (Phi) is 8.59. The molecule has 1 aromatic rings. The minimum Gasteiger partial charge on any atom is -0.469 e. The Morgan fingerprint density at radius 1 is 1.38 bits per heavy atom. The van der Waals surface area contributed by atoms with Gasteiger partial charge in [-0.2, -0.15) is 5.26 Å². The Balaban J connectivity index is 2.86. The molecule has 0 bridgehead atoms. The van der Waals surface area contributed by atoms with Crippen LogP contribution in [0.15, 0.2) is 11.6 Å². The van der Waals surface area contributed by atoms with Gasteiger partial charge in [-0.15, -0.1) is 0 Å². The predicted molar refractivity (Wildman–Crippen MR) is 98.3 cm³/mol. The first-order chi connectivity index (χ1) is 12.3. The minimum atomic E-state index is -0.452. The van der Waals surface area contributed by atoms with Crippen LogP contribution in [0.1, 0.15) is 42.8 Å². The van der Waals surface area contributed by atoms with Gasteiger partial charge < -0.3 is 19.4 Å². The fourth-order valence-corrected chi connectivity index (χ4v) is 2.88. The normalized spacial score (nSPS) is 12.4. The number of nitrogens with zero attached hydrogens (tertiary/aromatic N) is 2. The van der Waals surface area contributed by atoms with Gasteiger partial charge in [0.15, 0.2) is 0 Å². The van der Waals surface area contributed by atoms with Crippen molar-refractivity contribution in [2.75, 3.05) is 27.4 Å². The van der Waals surface area contributed by atoms with Crippen molar-refractivity contribution >= 4 is 18.0 Å². The summed E-state index contributed by atoms with van der Waals surface area (Å²) in [5.41, 5.74) is 2.86. The second kappa shape index (κ2) is 10.4. The molecule has 7 nitrogen and oxygen atoms in total. The highest BCUT2D eigenvalue weighted by atomic mass is 16.5. The Morgan fingerprint density at radius 3 is 2.65 bits per heavy atom. The van der Waals surface area contributed by atoms with Crippen LogP contribution in [0.3, 0.4) is 0 Å². The summed E-state index contributed by atoms with van der Waals surface area (Å²) in [5.74, 6) is -0.778. The molecule has 1 unspecified atom stereocenters. The first-order valence-corrected chi connectivity index (χ1v) is 8.49. The summed E-state index contributed by atoms with van der Waals surface area (Å²) in [6.07, 6.45) is 2.27. The summed E-state index contributed by atoms with van der Waals surface area (Å²) in [6, 6.07) is 4.05. The van der Waals surface area contributed by atoms with Crippen molar-refractivity contribution in [1.29, 1.82) is 5.26 Å². The van der Waals surface area contributed by atoms with E-state index in [1.165, 1.54) is 7.11 Å². The van der Waals surface area contributed by atoms with Gasteiger partial charge in [-0.25, -0.2) is 0 Å². The SMILES string of the molecule is COCC(C)n1c(C)cc(/C=C(\C#N)C(=O)NCCCC(=O)OC)c1C. The van der Waals surface area contributed by atoms with Crippen LogP contribution < -0.4 is 5.32 Å². The van der Waals surface area contributed by atoms with Crippen LogP contribution in [-0.4, -0.2) is 43.8 Å². The van der Waals surface area contributed by atoms with Crippen LogP contribution >= 0.6 is 0 Å².